The Morgan fingerprint density at radius 1 is 1.20 bits per heavy atom. The van der Waals surface area contributed by atoms with Gasteiger partial charge in [0.25, 0.3) is 5.91 Å². The molecule has 1 aliphatic rings. The second-order valence-electron chi connectivity index (χ2n) is 7.00. The van der Waals surface area contributed by atoms with Crippen LogP contribution in [0.4, 0.5) is 5.69 Å². The van der Waals surface area contributed by atoms with Gasteiger partial charge in [-0.05, 0) is 78.5 Å². The number of benzene rings is 1. The van der Waals surface area contributed by atoms with Gasteiger partial charge in [0, 0.05) is 38.4 Å². The summed E-state index contributed by atoms with van der Waals surface area (Å²) in [5, 5.41) is 7.48. The van der Waals surface area contributed by atoms with Crippen LogP contribution < -0.4 is 10.2 Å². The van der Waals surface area contributed by atoms with E-state index in [1.54, 1.807) is 11.3 Å². The number of anilines is 1. The van der Waals surface area contributed by atoms with Crippen LogP contribution >= 0.6 is 11.3 Å². The summed E-state index contributed by atoms with van der Waals surface area (Å²) in [5.41, 5.74) is 3.26. The molecule has 25 heavy (non-hydrogen) atoms. The molecule has 1 amide bonds. The van der Waals surface area contributed by atoms with E-state index in [2.05, 4.69) is 27.0 Å². The highest BCUT2D eigenvalue weighted by Gasteiger charge is 2.20. The summed E-state index contributed by atoms with van der Waals surface area (Å²) < 4.78 is 0. The molecule has 5 heteroatoms. The lowest BCUT2D eigenvalue weighted by molar-refractivity contribution is 0.0935. The number of carbonyl (C=O) groups excluding carboxylic acids is 1. The fourth-order valence-corrected chi connectivity index (χ4v) is 3.90. The number of carbonyl (C=O) groups is 1. The third kappa shape index (κ3) is 5.06. The molecule has 1 fully saturated rings. The first-order valence-electron chi connectivity index (χ1n) is 8.91. The average molecular weight is 358 g/mol. The highest BCUT2D eigenvalue weighted by Crippen LogP contribution is 2.19. The summed E-state index contributed by atoms with van der Waals surface area (Å²) in [6.45, 7) is 4.07. The molecular weight excluding hydrogens is 330 g/mol. The Balaban J connectivity index is 1.41. The van der Waals surface area contributed by atoms with E-state index in [-0.39, 0.29) is 5.91 Å². The summed E-state index contributed by atoms with van der Waals surface area (Å²) in [6.07, 6.45) is 2.31. The second kappa shape index (κ2) is 8.50. The maximum atomic E-state index is 12.3. The lowest BCUT2D eigenvalue weighted by atomic mass is 9.96. The number of amides is 1. The smallest absolute Gasteiger partial charge is 0.251 e. The Hall–Kier alpha value is -1.85. The molecule has 1 N–H and O–H groups in total. The van der Waals surface area contributed by atoms with Crippen molar-refractivity contribution in [3.05, 3.63) is 52.2 Å². The van der Waals surface area contributed by atoms with Crippen molar-refractivity contribution >= 4 is 22.9 Å². The molecule has 0 saturated carbocycles. The van der Waals surface area contributed by atoms with E-state index in [1.165, 1.54) is 5.56 Å². The Morgan fingerprint density at radius 2 is 1.92 bits per heavy atom. The molecule has 0 unspecified atom stereocenters. The Labute approximate surface area is 154 Å². The van der Waals surface area contributed by atoms with Crippen molar-refractivity contribution in [1.29, 1.82) is 0 Å². The van der Waals surface area contributed by atoms with Crippen LogP contribution in [0, 0.1) is 5.92 Å². The maximum absolute atomic E-state index is 12.3. The summed E-state index contributed by atoms with van der Waals surface area (Å²) >= 11 is 1.76. The largest absolute Gasteiger partial charge is 0.378 e. The van der Waals surface area contributed by atoms with E-state index in [4.69, 9.17) is 0 Å². The van der Waals surface area contributed by atoms with E-state index in [0.29, 0.717) is 5.92 Å². The summed E-state index contributed by atoms with van der Waals surface area (Å²) in [4.78, 5) is 16.9. The third-order valence-electron chi connectivity index (χ3n) is 4.89. The van der Waals surface area contributed by atoms with Gasteiger partial charge in [-0.2, -0.15) is 11.3 Å². The van der Waals surface area contributed by atoms with Crippen LogP contribution in [-0.4, -0.2) is 44.5 Å². The van der Waals surface area contributed by atoms with Crippen molar-refractivity contribution in [3.8, 4) is 0 Å². The average Bonchev–Trinajstić information content (AvgIpc) is 3.14. The third-order valence-corrected chi connectivity index (χ3v) is 5.62. The molecule has 3 rings (SSSR count). The number of likely N-dealkylation sites (tertiary alicyclic amines) is 1. The zero-order valence-electron chi connectivity index (χ0n) is 15.1. The summed E-state index contributed by atoms with van der Waals surface area (Å²) in [7, 11) is 4.00. The van der Waals surface area contributed by atoms with Crippen molar-refractivity contribution < 1.29 is 4.79 Å². The molecule has 1 aliphatic heterocycles. The van der Waals surface area contributed by atoms with Gasteiger partial charge in [0.2, 0.25) is 0 Å². The zero-order valence-corrected chi connectivity index (χ0v) is 15.9. The zero-order chi connectivity index (χ0) is 17.6. The Bertz CT molecular complexity index is 659. The first-order chi connectivity index (χ1) is 12.1. The molecule has 0 aliphatic carbocycles. The van der Waals surface area contributed by atoms with Crippen molar-refractivity contribution in [1.82, 2.24) is 10.2 Å². The fourth-order valence-electron chi connectivity index (χ4n) is 3.24. The molecule has 0 bridgehead atoms. The lowest BCUT2D eigenvalue weighted by Gasteiger charge is -2.31. The highest BCUT2D eigenvalue weighted by molar-refractivity contribution is 7.07. The van der Waals surface area contributed by atoms with Gasteiger partial charge in [0.05, 0.1) is 0 Å². The van der Waals surface area contributed by atoms with Gasteiger partial charge in [0.1, 0.15) is 0 Å². The first-order valence-corrected chi connectivity index (χ1v) is 9.85. The standard InChI is InChI=1S/C20H27N3OS/c1-22(2)19-5-3-18(4-6-19)20(24)21-13-16-7-10-23(11-8-16)14-17-9-12-25-15-17/h3-6,9,12,15-16H,7-8,10-11,13-14H2,1-2H3,(H,21,24). The molecule has 0 radical (unpaired) electrons. The van der Waals surface area contributed by atoms with Crippen molar-refractivity contribution in [2.75, 3.05) is 38.6 Å². The molecule has 2 aromatic rings. The van der Waals surface area contributed by atoms with Gasteiger partial charge in [-0.15, -0.1) is 0 Å². The van der Waals surface area contributed by atoms with Crippen LogP contribution in [0.15, 0.2) is 41.1 Å². The Morgan fingerprint density at radius 3 is 2.52 bits per heavy atom. The van der Waals surface area contributed by atoms with E-state index in [1.807, 2.05) is 43.3 Å². The van der Waals surface area contributed by atoms with E-state index in [9.17, 15) is 4.79 Å². The van der Waals surface area contributed by atoms with Crippen LogP contribution in [0.1, 0.15) is 28.8 Å². The van der Waals surface area contributed by atoms with Crippen LogP contribution in [0.3, 0.4) is 0 Å². The van der Waals surface area contributed by atoms with Crippen LogP contribution in [0.2, 0.25) is 0 Å². The molecule has 1 saturated heterocycles. The number of nitrogens with one attached hydrogen (secondary N) is 1. The van der Waals surface area contributed by atoms with Crippen molar-refractivity contribution in [2.24, 2.45) is 5.92 Å². The van der Waals surface area contributed by atoms with E-state index >= 15 is 0 Å². The predicted molar refractivity (Wildman–Crippen MR) is 105 cm³/mol. The molecule has 134 valence electrons. The number of rotatable bonds is 6. The van der Waals surface area contributed by atoms with Gasteiger partial charge in [0.15, 0.2) is 0 Å². The quantitative estimate of drug-likeness (QED) is 0.860. The van der Waals surface area contributed by atoms with Crippen LogP contribution in [-0.2, 0) is 6.54 Å². The molecule has 1 aromatic heterocycles. The summed E-state index contributed by atoms with van der Waals surface area (Å²) in [5.74, 6) is 0.620. The van der Waals surface area contributed by atoms with Crippen LogP contribution in [0.25, 0.3) is 0 Å². The number of hydrogen-bond acceptors (Lipinski definition) is 4. The minimum Gasteiger partial charge on any atom is -0.378 e. The SMILES string of the molecule is CN(C)c1ccc(C(=O)NCC2CCN(Cc3ccsc3)CC2)cc1. The molecule has 0 spiro atoms. The maximum Gasteiger partial charge on any atom is 0.251 e. The monoisotopic (exact) mass is 357 g/mol. The van der Waals surface area contributed by atoms with E-state index < -0.39 is 0 Å². The van der Waals surface area contributed by atoms with Crippen molar-refractivity contribution in [2.45, 2.75) is 19.4 Å². The summed E-state index contributed by atoms with van der Waals surface area (Å²) in [6, 6.07) is 9.97. The number of hydrogen-bond donors (Lipinski definition) is 1. The number of piperidine rings is 1. The van der Waals surface area contributed by atoms with Gasteiger partial charge < -0.3 is 10.2 Å². The minimum atomic E-state index is 0.0333. The van der Waals surface area contributed by atoms with Gasteiger partial charge in [-0.1, -0.05) is 0 Å². The molecule has 0 atom stereocenters. The lowest BCUT2D eigenvalue weighted by Crippen LogP contribution is -2.38. The molecule has 4 nitrogen and oxygen atoms in total. The molecular formula is C20H27N3OS. The van der Waals surface area contributed by atoms with Gasteiger partial charge in [-0.3, -0.25) is 9.69 Å². The van der Waals surface area contributed by atoms with Crippen LogP contribution in [0.5, 0.6) is 0 Å². The number of thiophene rings is 1. The topological polar surface area (TPSA) is 35.6 Å². The predicted octanol–water partition coefficient (Wildman–Crippen LogP) is 3.46. The van der Waals surface area contributed by atoms with Crippen molar-refractivity contribution in [3.63, 3.8) is 0 Å². The Kier molecular flexibility index (Phi) is 6.10. The highest BCUT2D eigenvalue weighted by atomic mass is 32.1. The van der Waals surface area contributed by atoms with E-state index in [0.717, 1.165) is 50.3 Å². The minimum absolute atomic E-state index is 0.0333. The molecule has 1 aromatic carbocycles. The first kappa shape index (κ1) is 18.0. The van der Waals surface area contributed by atoms with Gasteiger partial charge in [-0.25, -0.2) is 0 Å². The normalized spacial score (nSPS) is 15.9. The van der Waals surface area contributed by atoms with Gasteiger partial charge >= 0.3 is 0 Å². The number of nitrogens with zero attached hydrogens (tertiary/aromatic N) is 2. The molecule has 2 heterocycles. The fraction of sp³-hybridized carbons (Fsp3) is 0.450. The second-order valence-corrected chi connectivity index (χ2v) is 7.78.